The molecule has 0 unspecified atom stereocenters. The first kappa shape index (κ1) is 58.4. The van der Waals surface area contributed by atoms with Crippen molar-refractivity contribution in [2.24, 2.45) is 33.9 Å². The number of aromatic carboxylic acids is 1. The fourth-order valence-electron chi connectivity index (χ4n) is 12.6. The lowest BCUT2D eigenvalue weighted by atomic mass is 9.76. The SMILES string of the molecule is I.II.N#Cc1ccc(N2N=C3c4ccc(C(=O)N5CCC(O)CC5)nc4CC[C@@H]3[C@@H]2C2CCCC2)cc1Cl.N#Cc1ccc(N2N=C3c4ccc(C(=O)O)nc4CC[C@@H]3[C@@H]2C2CCCC2)cc1Cl.OC1CCNCC1. The number of hydrogen-bond acceptors (Lipinski definition) is 13. The van der Waals surface area contributed by atoms with E-state index in [0.717, 1.165) is 96.9 Å². The molecular weight excluding hydrogens is 1340 g/mol. The van der Waals surface area contributed by atoms with E-state index in [1.54, 1.807) is 23.1 Å². The van der Waals surface area contributed by atoms with Gasteiger partial charge in [0.1, 0.15) is 23.5 Å². The molecule has 2 saturated carbocycles. The van der Waals surface area contributed by atoms with Crippen LogP contribution in [0.3, 0.4) is 0 Å². The van der Waals surface area contributed by atoms with E-state index in [9.17, 15) is 30.3 Å². The Morgan fingerprint density at radius 2 is 1.05 bits per heavy atom. The molecule has 2 aromatic carbocycles. The maximum Gasteiger partial charge on any atom is 0.354 e. The minimum Gasteiger partial charge on any atom is -0.477 e. The molecule has 2 aromatic heterocycles. The monoisotopic (exact) mass is 1410 g/mol. The number of pyridine rings is 2. The molecule has 0 radical (unpaired) electrons. The fraction of sp³-hybridized carbons (Fsp3) is 0.500. The van der Waals surface area contributed by atoms with E-state index in [0.29, 0.717) is 70.6 Å². The van der Waals surface area contributed by atoms with Gasteiger partial charge < -0.3 is 25.5 Å². The highest BCUT2D eigenvalue weighted by Gasteiger charge is 2.48. The molecule has 4 aliphatic heterocycles. The van der Waals surface area contributed by atoms with Crippen molar-refractivity contribution in [1.29, 1.82) is 10.5 Å². The van der Waals surface area contributed by atoms with Gasteiger partial charge in [0.2, 0.25) is 0 Å². The molecule has 4 atom stereocenters. The number of carboxylic acids is 1. The zero-order valence-electron chi connectivity index (χ0n) is 42.1. The van der Waals surface area contributed by atoms with Crippen molar-refractivity contribution in [3.05, 3.63) is 116 Å². The molecule has 1 amide bonds. The number of fused-ring (bicyclic) bond motifs is 6. The van der Waals surface area contributed by atoms with E-state index >= 15 is 0 Å². The Morgan fingerprint density at radius 1 is 0.618 bits per heavy atom. The number of aliphatic hydroxyl groups is 2. The first-order chi connectivity index (χ1) is 36.5. The minimum atomic E-state index is -1.01. The Balaban J connectivity index is 0.000000173. The molecular formula is C56H63Cl2I3N10O5. The number of amides is 1. The molecule has 12 rings (SSSR count). The molecule has 15 nitrogen and oxygen atoms in total. The maximum atomic E-state index is 13.1. The zero-order chi connectivity index (χ0) is 52.8. The average molecular weight is 1410 g/mol. The number of hydrazone groups is 2. The third-order valence-electron chi connectivity index (χ3n) is 16.3. The minimum absolute atomic E-state index is 0. The lowest BCUT2D eigenvalue weighted by Crippen LogP contribution is -2.41. The van der Waals surface area contributed by atoms with Crippen molar-refractivity contribution >= 4 is 119 Å². The van der Waals surface area contributed by atoms with E-state index in [1.165, 1.54) is 51.4 Å². The smallest absolute Gasteiger partial charge is 0.354 e. The van der Waals surface area contributed by atoms with E-state index < -0.39 is 5.97 Å². The van der Waals surface area contributed by atoms with Gasteiger partial charge in [-0.15, -0.1) is 24.0 Å². The third kappa shape index (κ3) is 12.8. The maximum absolute atomic E-state index is 13.1. The Kier molecular flexibility index (Phi) is 20.7. The number of hydrogen-bond donors (Lipinski definition) is 4. The van der Waals surface area contributed by atoms with Gasteiger partial charge in [0.05, 0.1) is 79.6 Å². The summed E-state index contributed by atoms with van der Waals surface area (Å²) < 4.78 is 0. The molecule has 76 heavy (non-hydrogen) atoms. The standard InChI is InChI=1S/C28H30ClN5O2.C23H21ClN4O2.C5H11NO.I2.HI/c29-23-15-19(6-5-18(23)16-30)34-27(17-3-1-2-4-17)22-8-9-24-21(26(22)32-34)7-10-25(31-24)28(36)33-13-11-20(35)12-14-33;24-18-11-15(6-5-14(18)12-25)28-22(13-3-1-2-4-13)17-8-9-19-16(21(17)27-28)7-10-20(26-19)23(29)30;7-5-1-3-6-4-2-5;1-2;/h5-7,10,15,17,20,22,27,35H,1-4,8-9,11-14H2;5-7,10-11,13,17,22H,1-4,8-9H2,(H,29,30);5-7H,1-4H2;;1H/t22-,27-;17-,22-;;;/m00.../s1. The molecule has 4 aromatic rings. The normalized spacial score (nSPS) is 23.0. The number of nitrogens with one attached hydrogen (secondary N) is 1. The van der Waals surface area contributed by atoms with Crippen LogP contribution in [0.4, 0.5) is 11.4 Å². The number of aromatic nitrogens is 2. The second-order valence-electron chi connectivity index (χ2n) is 20.8. The summed E-state index contributed by atoms with van der Waals surface area (Å²) in [6, 6.07) is 23.1. The van der Waals surface area contributed by atoms with Crippen LogP contribution in [0.15, 0.2) is 70.9 Å². The Morgan fingerprint density at radius 3 is 1.46 bits per heavy atom. The Bertz CT molecular complexity index is 2890. The van der Waals surface area contributed by atoms with Crippen molar-refractivity contribution in [1.82, 2.24) is 20.2 Å². The number of likely N-dealkylation sites (tertiary alicyclic amines) is 1. The van der Waals surface area contributed by atoms with Crippen molar-refractivity contribution < 1.29 is 24.9 Å². The second-order valence-corrected chi connectivity index (χ2v) is 21.6. The van der Waals surface area contributed by atoms with Crippen LogP contribution in [0.25, 0.3) is 0 Å². The number of carboxylic acid groups (broad SMARTS) is 1. The van der Waals surface area contributed by atoms with E-state index in [2.05, 4.69) is 69.7 Å². The van der Waals surface area contributed by atoms with Crippen LogP contribution < -0.4 is 15.3 Å². The number of nitriles is 2. The van der Waals surface area contributed by atoms with Gasteiger partial charge in [-0.3, -0.25) is 14.8 Å². The number of carbonyl (C=O) groups is 2. The Labute approximate surface area is 495 Å². The lowest BCUT2D eigenvalue weighted by Gasteiger charge is -2.34. The van der Waals surface area contributed by atoms with Crippen LogP contribution >= 0.6 is 84.4 Å². The molecule has 2 saturated heterocycles. The number of aliphatic hydroxyl groups excluding tert-OH is 2. The van der Waals surface area contributed by atoms with Gasteiger partial charge in [-0.05, 0) is 163 Å². The summed E-state index contributed by atoms with van der Waals surface area (Å²) in [6.07, 6.45) is 16.0. The first-order valence-electron chi connectivity index (χ1n) is 26.4. The number of piperidine rings is 2. The van der Waals surface area contributed by atoms with Crippen molar-refractivity contribution in [2.45, 2.75) is 127 Å². The molecule has 4 fully saturated rings. The second kappa shape index (κ2) is 26.9. The van der Waals surface area contributed by atoms with Gasteiger partial charge in [-0.1, -0.05) is 48.9 Å². The number of benzene rings is 2. The highest BCUT2D eigenvalue weighted by atomic mass is 128. The third-order valence-corrected chi connectivity index (χ3v) is 17.0. The summed E-state index contributed by atoms with van der Waals surface area (Å²) >= 11 is 17.0. The van der Waals surface area contributed by atoms with Crippen LogP contribution in [0.2, 0.25) is 10.0 Å². The van der Waals surface area contributed by atoms with Gasteiger partial charge in [0.25, 0.3) is 5.91 Å². The number of carbonyl (C=O) groups excluding carboxylic acids is 1. The summed E-state index contributed by atoms with van der Waals surface area (Å²) in [5.41, 5.74) is 9.12. The fourth-order valence-corrected chi connectivity index (χ4v) is 13.0. The molecule has 4 N–H and O–H groups in total. The van der Waals surface area contributed by atoms with Gasteiger partial charge in [-0.2, -0.15) is 20.7 Å². The highest BCUT2D eigenvalue weighted by Crippen LogP contribution is 2.47. The topological polar surface area (TPSA) is 215 Å². The molecule has 20 heteroatoms. The predicted octanol–water partition coefficient (Wildman–Crippen LogP) is 11.3. The molecule has 0 spiro atoms. The first-order valence-corrected chi connectivity index (χ1v) is 33.4. The van der Waals surface area contributed by atoms with Crippen molar-refractivity contribution in [3.63, 3.8) is 0 Å². The summed E-state index contributed by atoms with van der Waals surface area (Å²) in [6.45, 7) is 3.11. The molecule has 6 heterocycles. The number of halogens is 5. The number of aryl methyl sites for hydroxylation is 2. The number of rotatable bonds is 6. The molecule has 8 aliphatic rings. The van der Waals surface area contributed by atoms with E-state index in [4.69, 9.17) is 43.5 Å². The van der Waals surface area contributed by atoms with Gasteiger partial charge in [-0.25, -0.2) is 14.8 Å². The summed E-state index contributed by atoms with van der Waals surface area (Å²) in [5, 5.41) is 64.9. The molecule has 4 aliphatic carbocycles. The van der Waals surface area contributed by atoms with Crippen LogP contribution in [-0.4, -0.2) is 104 Å². The quantitative estimate of drug-likeness (QED) is 0.133. The molecule has 402 valence electrons. The highest BCUT2D eigenvalue weighted by molar-refractivity contribution is 15.0. The molecule has 0 bridgehead atoms. The zero-order valence-corrected chi connectivity index (χ0v) is 50.3. The lowest BCUT2D eigenvalue weighted by molar-refractivity contribution is 0.0540. The van der Waals surface area contributed by atoms with Crippen LogP contribution in [-0.2, 0) is 12.8 Å². The summed E-state index contributed by atoms with van der Waals surface area (Å²) in [5.74, 6) is 0.646. The predicted molar refractivity (Wildman–Crippen MR) is 324 cm³/mol. The van der Waals surface area contributed by atoms with Gasteiger partial charge in [0.15, 0.2) is 0 Å². The van der Waals surface area contributed by atoms with Crippen molar-refractivity contribution in [3.8, 4) is 12.1 Å². The van der Waals surface area contributed by atoms with Crippen LogP contribution in [0, 0.1) is 46.3 Å². The Hall–Kier alpha value is -3.75. The van der Waals surface area contributed by atoms with Crippen LogP contribution in [0.5, 0.6) is 0 Å². The number of nitrogens with zero attached hydrogens (tertiary/aromatic N) is 9. The number of anilines is 2. The average Bonchev–Trinajstić information content (AvgIpc) is 4.32. The summed E-state index contributed by atoms with van der Waals surface area (Å²) in [4.78, 5) is 35.4. The van der Waals surface area contributed by atoms with Crippen LogP contribution in [0.1, 0.15) is 145 Å². The van der Waals surface area contributed by atoms with E-state index in [1.807, 2.05) is 42.5 Å². The van der Waals surface area contributed by atoms with Gasteiger partial charge >= 0.3 is 5.97 Å². The largest absolute Gasteiger partial charge is 0.477 e. The van der Waals surface area contributed by atoms with Crippen molar-refractivity contribution in [2.75, 3.05) is 36.2 Å². The van der Waals surface area contributed by atoms with Gasteiger partial charge in [0, 0.05) is 73.3 Å². The van der Waals surface area contributed by atoms with E-state index in [-0.39, 0.29) is 65.8 Å². The summed E-state index contributed by atoms with van der Waals surface area (Å²) in [7, 11) is 0.